The zero-order valence-corrected chi connectivity index (χ0v) is 7.87. The van der Waals surface area contributed by atoms with E-state index in [1.807, 2.05) is 12.1 Å². The summed E-state index contributed by atoms with van der Waals surface area (Å²) in [6, 6.07) is 5.47. The van der Waals surface area contributed by atoms with Gasteiger partial charge < -0.3 is 14.2 Å². The average Bonchev–Trinajstić information content (AvgIpc) is 2.65. The number of ether oxygens (including phenoxy) is 3. The number of fused-ring (bicyclic) bond motifs is 1. The van der Waals surface area contributed by atoms with Gasteiger partial charge in [-0.1, -0.05) is 5.92 Å². The standard InChI is InChI=1S/C11H10O3/c1-2-3-6-12-9-4-5-10-11(7-9)14-8-13-10/h4-5,7H,6,8H2,1H3. The van der Waals surface area contributed by atoms with Crippen LogP contribution >= 0.6 is 0 Å². The molecule has 0 unspecified atom stereocenters. The van der Waals surface area contributed by atoms with Gasteiger partial charge in [-0.25, -0.2) is 0 Å². The molecule has 1 aromatic carbocycles. The number of hydrogen-bond donors (Lipinski definition) is 0. The van der Waals surface area contributed by atoms with Crippen LogP contribution in [0.4, 0.5) is 0 Å². The molecule has 0 amide bonds. The zero-order valence-electron chi connectivity index (χ0n) is 7.87. The Morgan fingerprint density at radius 1 is 1.36 bits per heavy atom. The minimum atomic E-state index is 0.285. The molecule has 0 aromatic heterocycles. The van der Waals surface area contributed by atoms with Gasteiger partial charge >= 0.3 is 0 Å². The van der Waals surface area contributed by atoms with Crippen molar-refractivity contribution in [1.82, 2.24) is 0 Å². The van der Waals surface area contributed by atoms with Gasteiger partial charge in [0.25, 0.3) is 0 Å². The Morgan fingerprint density at radius 3 is 3.07 bits per heavy atom. The van der Waals surface area contributed by atoms with Crippen molar-refractivity contribution in [3.63, 3.8) is 0 Å². The fourth-order valence-electron chi connectivity index (χ4n) is 1.16. The van der Waals surface area contributed by atoms with Gasteiger partial charge in [-0.3, -0.25) is 0 Å². The van der Waals surface area contributed by atoms with E-state index in [-0.39, 0.29) is 6.79 Å². The summed E-state index contributed by atoms with van der Waals surface area (Å²) in [5.41, 5.74) is 0. The first kappa shape index (κ1) is 8.76. The molecular formula is C11H10O3. The lowest BCUT2D eigenvalue weighted by atomic mass is 10.3. The fourth-order valence-corrected chi connectivity index (χ4v) is 1.16. The van der Waals surface area contributed by atoms with Crippen LogP contribution in [-0.4, -0.2) is 13.4 Å². The second-order valence-corrected chi connectivity index (χ2v) is 2.73. The van der Waals surface area contributed by atoms with Crippen molar-refractivity contribution in [2.24, 2.45) is 0 Å². The summed E-state index contributed by atoms with van der Waals surface area (Å²) < 4.78 is 15.7. The van der Waals surface area contributed by atoms with Gasteiger partial charge in [-0.05, 0) is 19.1 Å². The highest BCUT2D eigenvalue weighted by atomic mass is 16.7. The van der Waals surface area contributed by atoms with Crippen molar-refractivity contribution in [3.05, 3.63) is 18.2 Å². The van der Waals surface area contributed by atoms with Crippen LogP contribution in [0.25, 0.3) is 0 Å². The monoisotopic (exact) mass is 190 g/mol. The largest absolute Gasteiger partial charge is 0.481 e. The van der Waals surface area contributed by atoms with E-state index >= 15 is 0 Å². The molecule has 2 rings (SSSR count). The van der Waals surface area contributed by atoms with Crippen LogP contribution in [0.3, 0.4) is 0 Å². The minimum absolute atomic E-state index is 0.285. The highest BCUT2D eigenvalue weighted by Crippen LogP contribution is 2.34. The van der Waals surface area contributed by atoms with E-state index in [0.29, 0.717) is 6.61 Å². The highest BCUT2D eigenvalue weighted by molar-refractivity contribution is 5.46. The van der Waals surface area contributed by atoms with E-state index in [2.05, 4.69) is 11.8 Å². The van der Waals surface area contributed by atoms with Crippen LogP contribution < -0.4 is 14.2 Å². The maximum absolute atomic E-state index is 5.36. The number of rotatable bonds is 2. The van der Waals surface area contributed by atoms with Crippen LogP contribution in [0.2, 0.25) is 0 Å². The molecule has 72 valence electrons. The maximum Gasteiger partial charge on any atom is 0.231 e. The minimum Gasteiger partial charge on any atom is -0.481 e. The molecule has 0 fully saturated rings. The molecule has 0 saturated carbocycles. The van der Waals surface area contributed by atoms with E-state index < -0.39 is 0 Å². The summed E-state index contributed by atoms with van der Waals surface area (Å²) >= 11 is 0. The molecule has 0 radical (unpaired) electrons. The van der Waals surface area contributed by atoms with Crippen molar-refractivity contribution >= 4 is 0 Å². The topological polar surface area (TPSA) is 27.7 Å². The lowest BCUT2D eigenvalue weighted by Crippen LogP contribution is -1.93. The van der Waals surface area contributed by atoms with E-state index in [4.69, 9.17) is 14.2 Å². The Hall–Kier alpha value is -1.82. The first-order valence-corrected chi connectivity index (χ1v) is 4.32. The van der Waals surface area contributed by atoms with Crippen LogP contribution in [0.5, 0.6) is 17.2 Å². The molecule has 1 heterocycles. The Kier molecular flexibility index (Phi) is 2.46. The molecule has 3 nitrogen and oxygen atoms in total. The van der Waals surface area contributed by atoms with E-state index in [1.165, 1.54) is 0 Å². The number of benzene rings is 1. The molecule has 3 heteroatoms. The fraction of sp³-hybridized carbons (Fsp3) is 0.273. The third-order valence-corrected chi connectivity index (χ3v) is 1.83. The normalized spacial score (nSPS) is 11.8. The predicted molar refractivity (Wildman–Crippen MR) is 51.5 cm³/mol. The first-order valence-electron chi connectivity index (χ1n) is 4.32. The molecule has 0 aliphatic carbocycles. The number of hydrogen-bond acceptors (Lipinski definition) is 3. The summed E-state index contributed by atoms with van der Waals surface area (Å²) in [6.45, 7) is 2.46. The van der Waals surface area contributed by atoms with Crippen LogP contribution in [0.15, 0.2) is 18.2 Å². The molecule has 0 saturated heterocycles. The second kappa shape index (κ2) is 3.93. The second-order valence-electron chi connectivity index (χ2n) is 2.73. The van der Waals surface area contributed by atoms with Gasteiger partial charge in [0, 0.05) is 6.07 Å². The summed E-state index contributed by atoms with van der Waals surface area (Å²) in [4.78, 5) is 0. The Balaban J connectivity index is 2.07. The molecular weight excluding hydrogens is 180 g/mol. The smallest absolute Gasteiger partial charge is 0.231 e. The Bertz CT molecular complexity index is 387. The molecule has 0 spiro atoms. The third-order valence-electron chi connectivity index (χ3n) is 1.83. The molecule has 14 heavy (non-hydrogen) atoms. The SMILES string of the molecule is CC#CCOc1ccc2c(c1)OCO2. The molecule has 1 aliphatic rings. The molecule has 0 bridgehead atoms. The average molecular weight is 190 g/mol. The summed E-state index contributed by atoms with van der Waals surface area (Å²) in [7, 11) is 0. The molecule has 0 atom stereocenters. The lowest BCUT2D eigenvalue weighted by molar-refractivity contribution is 0.174. The van der Waals surface area contributed by atoms with Gasteiger partial charge in [0.05, 0.1) is 0 Å². The predicted octanol–water partition coefficient (Wildman–Crippen LogP) is 1.82. The van der Waals surface area contributed by atoms with Gasteiger partial charge in [0.2, 0.25) is 6.79 Å². The summed E-state index contributed by atoms with van der Waals surface area (Å²) in [5, 5.41) is 0. The van der Waals surface area contributed by atoms with E-state index in [0.717, 1.165) is 17.2 Å². The van der Waals surface area contributed by atoms with E-state index in [9.17, 15) is 0 Å². The molecule has 1 aliphatic heterocycles. The molecule has 0 N–H and O–H groups in total. The lowest BCUT2D eigenvalue weighted by Gasteiger charge is -2.02. The summed E-state index contributed by atoms with van der Waals surface area (Å²) in [5.74, 6) is 7.82. The Morgan fingerprint density at radius 2 is 2.21 bits per heavy atom. The van der Waals surface area contributed by atoms with Crippen LogP contribution in [0.1, 0.15) is 6.92 Å². The van der Waals surface area contributed by atoms with Crippen molar-refractivity contribution < 1.29 is 14.2 Å². The highest BCUT2D eigenvalue weighted by Gasteiger charge is 2.13. The quantitative estimate of drug-likeness (QED) is 0.666. The summed E-state index contributed by atoms with van der Waals surface area (Å²) in [6.07, 6.45) is 0. The van der Waals surface area contributed by atoms with Gasteiger partial charge in [0.1, 0.15) is 12.4 Å². The third kappa shape index (κ3) is 1.74. The van der Waals surface area contributed by atoms with Crippen molar-refractivity contribution in [3.8, 4) is 29.1 Å². The van der Waals surface area contributed by atoms with Crippen molar-refractivity contribution in [2.75, 3.05) is 13.4 Å². The van der Waals surface area contributed by atoms with E-state index in [1.54, 1.807) is 13.0 Å². The van der Waals surface area contributed by atoms with Crippen LogP contribution in [0, 0.1) is 11.8 Å². The first-order chi connectivity index (χ1) is 6.90. The molecule has 1 aromatic rings. The van der Waals surface area contributed by atoms with Crippen molar-refractivity contribution in [2.45, 2.75) is 6.92 Å². The van der Waals surface area contributed by atoms with Crippen molar-refractivity contribution in [1.29, 1.82) is 0 Å². The Labute approximate surface area is 82.6 Å². The van der Waals surface area contributed by atoms with Gasteiger partial charge in [-0.2, -0.15) is 0 Å². The van der Waals surface area contributed by atoms with Crippen LogP contribution in [-0.2, 0) is 0 Å². The van der Waals surface area contributed by atoms with Gasteiger partial charge in [-0.15, -0.1) is 5.92 Å². The maximum atomic E-state index is 5.36. The zero-order chi connectivity index (χ0) is 9.80. The van der Waals surface area contributed by atoms with Gasteiger partial charge in [0.15, 0.2) is 11.5 Å².